The molecule has 0 saturated carbocycles. The highest BCUT2D eigenvalue weighted by Crippen LogP contribution is 2.26. The molecule has 0 aliphatic carbocycles. The maximum absolute atomic E-state index is 13.1. The van der Waals surface area contributed by atoms with Gasteiger partial charge in [-0.15, -0.1) is 0 Å². The third kappa shape index (κ3) is 2.43. The zero-order chi connectivity index (χ0) is 10.7. The van der Waals surface area contributed by atoms with Crippen LogP contribution in [0.25, 0.3) is 0 Å². The first kappa shape index (κ1) is 10.9. The molecule has 0 aliphatic rings. The molecule has 0 amide bonds. The number of rotatable bonds is 3. The van der Waals surface area contributed by atoms with Gasteiger partial charge in [0, 0.05) is 12.5 Å². The number of aldehydes is 1. The summed E-state index contributed by atoms with van der Waals surface area (Å²) in [4.78, 5) is 10.1. The zero-order valence-electron chi connectivity index (χ0n) is 7.08. The van der Waals surface area contributed by atoms with Crippen molar-refractivity contribution in [1.82, 2.24) is 0 Å². The predicted octanol–water partition coefficient (Wildman–Crippen LogP) is 1.29. The summed E-state index contributed by atoms with van der Waals surface area (Å²) in [5.41, 5.74) is 0.0902. The first-order valence-electron chi connectivity index (χ1n) is 3.85. The van der Waals surface area contributed by atoms with E-state index < -0.39 is 11.9 Å². The van der Waals surface area contributed by atoms with E-state index in [0.29, 0.717) is 6.29 Å². The van der Waals surface area contributed by atoms with Gasteiger partial charge in [0.2, 0.25) is 0 Å². The molecule has 0 fully saturated rings. The Bertz CT molecular complexity index is 354. The van der Waals surface area contributed by atoms with Gasteiger partial charge in [-0.05, 0) is 11.6 Å². The van der Waals surface area contributed by atoms with Crippen LogP contribution in [0.5, 0.6) is 5.75 Å². The van der Waals surface area contributed by atoms with Gasteiger partial charge in [-0.1, -0.05) is 11.6 Å². The van der Waals surface area contributed by atoms with Crippen molar-refractivity contribution in [2.24, 2.45) is 0 Å². The molecule has 14 heavy (non-hydrogen) atoms. The molecular formula is C9H8ClFO3. The molecule has 3 nitrogen and oxygen atoms in total. The number of phenols is 1. The molecule has 0 bridgehead atoms. The second kappa shape index (κ2) is 4.39. The fourth-order valence-electron chi connectivity index (χ4n) is 1.01. The lowest BCUT2D eigenvalue weighted by atomic mass is 10.1. The van der Waals surface area contributed by atoms with Crippen LogP contribution < -0.4 is 0 Å². The lowest BCUT2D eigenvalue weighted by molar-refractivity contribution is -0.114. The highest BCUT2D eigenvalue weighted by atomic mass is 35.5. The van der Waals surface area contributed by atoms with E-state index in [4.69, 9.17) is 21.8 Å². The van der Waals surface area contributed by atoms with Crippen LogP contribution in [0.3, 0.4) is 0 Å². The number of hydrogen-bond donors (Lipinski definition) is 2. The molecule has 0 aliphatic heterocycles. The van der Waals surface area contributed by atoms with Crippen molar-refractivity contribution in [2.75, 3.05) is 0 Å². The molecule has 1 rings (SSSR count). The van der Waals surface area contributed by atoms with Crippen molar-refractivity contribution in [1.29, 1.82) is 0 Å². The SMILES string of the molecule is O=CC(O)Cc1cc(Cl)c(O)cc1F. The van der Waals surface area contributed by atoms with Gasteiger partial charge in [-0.2, -0.15) is 0 Å². The first-order chi connectivity index (χ1) is 6.54. The number of carbonyl (C=O) groups excluding carboxylic acids is 1. The minimum atomic E-state index is -1.26. The standard InChI is InChI=1S/C9H8ClFO3/c10-7-2-5(1-6(13)4-12)8(11)3-9(7)14/h2-4,6,13-14H,1H2. The van der Waals surface area contributed by atoms with E-state index in [9.17, 15) is 9.18 Å². The lowest BCUT2D eigenvalue weighted by Crippen LogP contribution is -2.12. The predicted molar refractivity (Wildman–Crippen MR) is 48.8 cm³/mol. The third-order valence-electron chi connectivity index (χ3n) is 1.70. The van der Waals surface area contributed by atoms with Crippen molar-refractivity contribution in [3.8, 4) is 5.75 Å². The molecular weight excluding hydrogens is 211 g/mol. The maximum atomic E-state index is 13.1. The van der Waals surface area contributed by atoms with Gasteiger partial charge < -0.3 is 15.0 Å². The van der Waals surface area contributed by atoms with Crippen LogP contribution in [0.15, 0.2) is 12.1 Å². The van der Waals surface area contributed by atoms with Gasteiger partial charge in [-0.25, -0.2) is 4.39 Å². The number of aromatic hydroxyl groups is 1. The lowest BCUT2D eigenvalue weighted by Gasteiger charge is -2.06. The smallest absolute Gasteiger partial charge is 0.148 e. The van der Waals surface area contributed by atoms with E-state index >= 15 is 0 Å². The summed E-state index contributed by atoms with van der Waals surface area (Å²) < 4.78 is 13.1. The van der Waals surface area contributed by atoms with E-state index in [-0.39, 0.29) is 22.8 Å². The molecule has 0 aromatic heterocycles. The van der Waals surface area contributed by atoms with E-state index in [0.717, 1.165) is 6.07 Å². The fourth-order valence-corrected chi connectivity index (χ4v) is 1.19. The van der Waals surface area contributed by atoms with Crippen LogP contribution in [-0.2, 0) is 11.2 Å². The summed E-state index contributed by atoms with van der Waals surface area (Å²) >= 11 is 5.53. The molecule has 5 heteroatoms. The van der Waals surface area contributed by atoms with Crippen LogP contribution >= 0.6 is 11.6 Å². The summed E-state index contributed by atoms with van der Waals surface area (Å²) in [5.74, 6) is -1.07. The zero-order valence-corrected chi connectivity index (χ0v) is 7.83. The minimum absolute atomic E-state index is 0.0144. The number of halogens is 2. The summed E-state index contributed by atoms with van der Waals surface area (Å²) in [6.45, 7) is 0. The van der Waals surface area contributed by atoms with Gasteiger partial charge in [0.05, 0.1) is 5.02 Å². The Morgan fingerprint density at radius 1 is 1.57 bits per heavy atom. The highest BCUT2D eigenvalue weighted by Gasteiger charge is 2.11. The number of aliphatic hydroxyl groups excluding tert-OH is 1. The molecule has 76 valence electrons. The van der Waals surface area contributed by atoms with Crippen LogP contribution in [0.1, 0.15) is 5.56 Å². The Labute approximate surface area is 84.7 Å². The highest BCUT2D eigenvalue weighted by molar-refractivity contribution is 6.32. The minimum Gasteiger partial charge on any atom is -0.506 e. The Morgan fingerprint density at radius 2 is 2.21 bits per heavy atom. The van der Waals surface area contributed by atoms with E-state index in [2.05, 4.69) is 0 Å². The number of aliphatic hydroxyl groups is 1. The fraction of sp³-hybridized carbons (Fsp3) is 0.222. The Kier molecular flexibility index (Phi) is 3.43. The molecule has 0 heterocycles. The Hall–Kier alpha value is -1.13. The monoisotopic (exact) mass is 218 g/mol. The summed E-state index contributed by atoms with van der Waals surface area (Å²) in [6.07, 6.45) is -1.11. The van der Waals surface area contributed by atoms with Gasteiger partial charge in [-0.3, -0.25) is 0 Å². The second-order valence-electron chi connectivity index (χ2n) is 2.80. The van der Waals surface area contributed by atoms with Gasteiger partial charge in [0.15, 0.2) is 0 Å². The average molecular weight is 219 g/mol. The molecule has 2 N–H and O–H groups in total. The van der Waals surface area contributed by atoms with E-state index in [1.54, 1.807) is 0 Å². The van der Waals surface area contributed by atoms with Crippen LogP contribution in [0.4, 0.5) is 4.39 Å². The molecule has 0 radical (unpaired) electrons. The molecule has 1 aromatic carbocycles. The van der Waals surface area contributed by atoms with Gasteiger partial charge >= 0.3 is 0 Å². The quantitative estimate of drug-likeness (QED) is 0.752. The number of hydrogen-bond acceptors (Lipinski definition) is 3. The summed E-state index contributed by atoms with van der Waals surface area (Å²) in [5, 5.41) is 18.0. The van der Waals surface area contributed by atoms with Crippen molar-refractivity contribution >= 4 is 17.9 Å². The van der Waals surface area contributed by atoms with Gasteiger partial charge in [0.25, 0.3) is 0 Å². The maximum Gasteiger partial charge on any atom is 0.148 e. The van der Waals surface area contributed by atoms with Crippen molar-refractivity contribution in [3.05, 3.63) is 28.5 Å². The van der Waals surface area contributed by atoms with Crippen molar-refractivity contribution in [2.45, 2.75) is 12.5 Å². The van der Waals surface area contributed by atoms with Crippen LogP contribution in [-0.4, -0.2) is 22.6 Å². The molecule has 1 unspecified atom stereocenters. The molecule has 1 aromatic rings. The van der Waals surface area contributed by atoms with E-state index in [1.165, 1.54) is 6.07 Å². The first-order valence-corrected chi connectivity index (χ1v) is 4.22. The van der Waals surface area contributed by atoms with Crippen LogP contribution in [0, 0.1) is 5.82 Å². The summed E-state index contributed by atoms with van der Waals surface area (Å²) in [7, 11) is 0. The number of phenolic OH excluding ortho intramolecular Hbond substituents is 1. The van der Waals surface area contributed by atoms with E-state index in [1.807, 2.05) is 0 Å². The molecule has 1 atom stereocenters. The number of carbonyl (C=O) groups is 1. The third-order valence-corrected chi connectivity index (χ3v) is 2.00. The Balaban J connectivity index is 2.97. The topological polar surface area (TPSA) is 57.5 Å². The van der Waals surface area contributed by atoms with Gasteiger partial charge in [0.1, 0.15) is 24.0 Å². The normalized spacial score (nSPS) is 12.5. The van der Waals surface area contributed by atoms with Crippen molar-refractivity contribution < 1.29 is 19.4 Å². The number of benzene rings is 1. The second-order valence-corrected chi connectivity index (χ2v) is 3.21. The average Bonchev–Trinajstić information content (AvgIpc) is 2.14. The molecule has 0 spiro atoms. The Morgan fingerprint density at radius 3 is 2.79 bits per heavy atom. The summed E-state index contributed by atoms with van der Waals surface area (Å²) in [6, 6.07) is 2.02. The molecule has 0 saturated heterocycles. The van der Waals surface area contributed by atoms with Crippen LogP contribution in [0.2, 0.25) is 5.02 Å². The largest absolute Gasteiger partial charge is 0.506 e. The van der Waals surface area contributed by atoms with Crippen molar-refractivity contribution in [3.63, 3.8) is 0 Å².